The van der Waals surface area contributed by atoms with Gasteiger partial charge in [0.05, 0.1) is 12.2 Å². The Kier molecular flexibility index (Phi) is 15.6. The van der Waals surface area contributed by atoms with Gasteiger partial charge in [-0.2, -0.15) is 0 Å². The third kappa shape index (κ3) is 13.0. The first kappa shape index (κ1) is 37.3. The Morgan fingerprint density at radius 1 is 0.667 bits per heavy atom. The van der Waals surface area contributed by atoms with Gasteiger partial charge in [-0.3, -0.25) is 0 Å². The van der Waals surface area contributed by atoms with Gasteiger partial charge >= 0.3 is 0 Å². The van der Waals surface area contributed by atoms with E-state index in [-0.39, 0.29) is 23.0 Å². The second kappa shape index (κ2) is 17.6. The molecule has 2 aliphatic rings. The molecule has 2 nitrogen and oxygen atoms in total. The average molecular weight is 585 g/mol. The maximum absolute atomic E-state index is 10.2. The summed E-state index contributed by atoms with van der Waals surface area (Å²) in [7, 11) is 0. The Morgan fingerprint density at radius 3 is 1.86 bits per heavy atom. The van der Waals surface area contributed by atoms with Gasteiger partial charge in [-0.05, 0) is 110 Å². The van der Waals surface area contributed by atoms with Crippen molar-refractivity contribution < 1.29 is 10.2 Å². The minimum atomic E-state index is -0.135. The van der Waals surface area contributed by atoms with Gasteiger partial charge < -0.3 is 10.2 Å². The Balaban J connectivity index is 1.59. The number of aliphatic hydroxyl groups is 2. The van der Waals surface area contributed by atoms with Crippen molar-refractivity contribution in [2.75, 3.05) is 0 Å². The van der Waals surface area contributed by atoms with Crippen LogP contribution in [-0.2, 0) is 0 Å². The van der Waals surface area contributed by atoms with Crippen LogP contribution in [0.5, 0.6) is 0 Å². The smallest absolute Gasteiger partial charge is 0.0548 e. The molecule has 0 amide bonds. The third-order valence-corrected chi connectivity index (χ3v) is 11.2. The molecule has 2 fully saturated rings. The van der Waals surface area contributed by atoms with Crippen LogP contribution in [0.4, 0.5) is 0 Å². The van der Waals surface area contributed by atoms with Gasteiger partial charge in [0.25, 0.3) is 0 Å². The lowest BCUT2D eigenvalue weighted by Crippen LogP contribution is -2.40. The van der Waals surface area contributed by atoms with Crippen molar-refractivity contribution in [1.82, 2.24) is 0 Å². The standard InChI is InChI=1S/C40H72O2/c1-29(17-13-19-31(3)21-23-37-33(5)25-35(41)27-39(37,7)8)15-11-12-16-30(2)18-14-20-32(4)22-24-38-34(6)26-36(42)28-40(38,9)10/h11-13,17,21,23,29-38,41-42H,14-16,18-20,22,24-28H2,1-10H3/b12-11+,17-13+,23-21+/t29-,30-,31-,32-,33+,34+,35-,36-,37-,38-/m1/s1. The summed E-state index contributed by atoms with van der Waals surface area (Å²) in [5.41, 5.74) is 0.454. The predicted octanol–water partition coefficient (Wildman–Crippen LogP) is 11.2. The fourth-order valence-corrected chi connectivity index (χ4v) is 8.68. The van der Waals surface area contributed by atoms with E-state index in [0.717, 1.165) is 56.3 Å². The molecule has 2 aliphatic carbocycles. The van der Waals surface area contributed by atoms with E-state index < -0.39 is 0 Å². The molecule has 0 spiro atoms. The molecule has 42 heavy (non-hydrogen) atoms. The SMILES string of the molecule is C[C@H](CCC[C@H](C)C/C=C/C[C@@H](C)/C=C/C[C@@H](C)/C=C/[C@@H]1[C@@H](C)C[C@@H](O)CC1(C)C)CC[C@@H]1[C@@H](C)C[C@@H](O)CC1(C)C. The lowest BCUT2D eigenvalue weighted by molar-refractivity contribution is -0.0174. The third-order valence-electron chi connectivity index (χ3n) is 11.2. The molecule has 0 saturated heterocycles. The van der Waals surface area contributed by atoms with Crippen LogP contribution in [0.3, 0.4) is 0 Å². The quantitative estimate of drug-likeness (QED) is 0.177. The summed E-state index contributed by atoms with van der Waals surface area (Å²) in [6.45, 7) is 23.6. The molecule has 0 unspecified atom stereocenters. The highest BCUT2D eigenvalue weighted by atomic mass is 16.3. The van der Waals surface area contributed by atoms with Crippen molar-refractivity contribution in [3.63, 3.8) is 0 Å². The topological polar surface area (TPSA) is 40.5 Å². The summed E-state index contributed by atoms with van der Waals surface area (Å²) in [6, 6.07) is 0. The van der Waals surface area contributed by atoms with Gasteiger partial charge in [0.2, 0.25) is 0 Å². The molecular formula is C40H72O2. The first-order valence-corrected chi connectivity index (χ1v) is 18.0. The van der Waals surface area contributed by atoms with Crippen LogP contribution in [0.2, 0.25) is 0 Å². The molecule has 0 aromatic rings. The maximum Gasteiger partial charge on any atom is 0.0548 e. The first-order chi connectivity index (χ1) is 19.6. The number of rotatable bonds is 16. The summed E-state index contributed by atoms with van der Waals surface area (Å²) in [4.78, 5) is 0. The van der Waals surface area contributed by atoms with Gasteiger partial charge in [0.1, 0.15) is 0 Å². The van der Waals surface area contributed by atoms with E-state index in [9.17, 15) is 10.2 Å². The average Bonchev–Trinajstić information content (AvgIpc) is 2.84. The molecule has 2 saturated carbocycles. The molecule has 244 valence electrons. The first-order valence-electron chi connectivity index (χ1n) is 18.0. The summed E-state index contributed by atoms with van der Waals surface area (Å²) < 4.78 is 0. The summed E-state index contributed by atoms with van der Waals surface area (Å²) in [5, 5.41) is 20.4. The second-order valence-corrected chi connectivity index (χ2v) is 16.9. The van der Waals surface area contributed by atoms with Crippen molar-refractivity contribution in [3.8, 4) is 0 Å². The Labute approximate surface area is 262 Å². The van der Waals surface area contributed by atoms with Crippen molar-refractivity contribution in [2.45, 2.75) is 158 Å². The zero-order valence-corrected chi connectivity index (χ0v) is 29.6. The Bertz CT molecular complexity index is 835. The van der Waals surface area contributed by atoms with Crippen LogP contribution in [-0.4, -0.2) is 22.4 Å². The highest BCUT2D eigenvalue weighted by Gasteiger charge is 2.40. The zero-order chi connectivity index (χ0) is 31.5. The summed E-state index contributed by atoms with van der Waals surface area (Å²) in [5.74, 6) is 5.23. The number of aliphatic hydroxyl groups excluding tert-OH is 2. The minimum Gasteiger partial charge on any atom is -0.393 e. The Hall–Kier alpha value is -0.860. The van der Waals surface area contributed by atoms with Gasteiger partial charge in [0, 0.05) is 0 Å². The van der Waals surface area contributed by atoms with E-state index in [1.165, 1.54) is 38.5 Å². The lowest BCUT2D eigenvalue weighted by Gasteiger charge is -2.45. The molecule has 0 aromatic heterocycles. The molecule has 0 bridgehead atoms. The highest BCUT2D eigenvalue weighted by molar-refractivity contribution is 5.04. The van der Waals surface area contributed by atoms with Crippen LogP contribution in [0.15, 0.2) is 36.5 Å². The number of hydrogen-bond donors (Lipinski definition) is 2. The molecule has 2 rings (SSSR count). The van der Waals surface area contributed by atoms with Crippen molar-refractivity contribution >= 4 is 0 Å². The monoisotopic (exact) mass is 585 g/mol. The van der Waals surface area contributed by atoms with E-state index >= 15 is 0 Å². The van der Waals surface area contributed by atoms with Gasteiger partial charge in [-0.1, -0.05) is 131 Å². The Morgan fingerprint density at radius 2 is 1.21 bits per heavy atom. The molecule has 0 aliphatic heterocycles. The van der Waals surface area contributed by atoms with Gasteiger partial charge in [-0.15, -0.1) is 0 Å². The van der Waals surface area contributed by atoms with E-state index in [1.807, 2.05) is 0 Å². The van der Waals surface area contributed by atoms with Crippen LogP contribution < -0.4 is 0 Å². The summed E-state index contributed by atoms with van der Waals surface area (Å²) in [6.07, 6.45) is 28.2. The number of hydrogen-bond acceptors (Lipinski definition) is 2. The second-order valence-electron chi connectivity index (χ2n) is 16.9. The van der Waals surface area contributed by atoms with Crippen LogP contribution in [0, 0.1) is 58.2 Å². The predicted molar refractivity (Wildman–Crippen MR) is 184 cm³/mol. The van der Waals surface area contributed by atoms with Crippen molar-refractivity contribution in [2.24, 2.45) is 58.2 Å². The van der Waals surface area contributed by atoms with E-state index in [1.54, 1.807) is 0 Å². The molecule has 0 heterocycles. The van der Waals surface area contributed by atoms with Crippen LogP contribution in [0.25, 0.3) is 0 Å². The molecule has 0 radical (unpaired) electrons. The zero-order valence-electron chi connectivity index (χ0n) is 29.6. The molecule has 2 heteroatoms. The molecular weight excluding hydrogens is 512 g/mol. The van der Waals surface area contributed by atoms with E-state index in [0.29, 0.717) is 29.6 Å². The number of allylic oxidation sites excluding steroid dienone is 6. The molecule has 2 N–H and O–H groups in total. The van der Waals surface area contributed by atoms with Gasteiger partial charge in [-0.25, -0.2) is 0 Å². The van der Waals surface area contributed by atoms with E-state index in [4.69, 9.17) is 0 Å². The van der Waals surface area contributed by atoms with Crippen LogP contribution in [0.1, 0.15) is 146 Å². The minimum absolute atomic E-state index is 0.0958. The maximum atomic E-state index is 10.2. The molecule has 10 atom stereocenters. The normalized spacial score (nSPS) is 32.9. The van der Waals surface area contributed by atoms with Gasteiger partial charge in [0.15, 0.2) is 0 Å². The fourth-order valence-electron chi connectivity index (χ4n) is 8.68. The summed E-state index contributed by atoms with van der Waals surface area (Å²) >= 11 is 0. The largest absolute Gasteiger partial charge is 0.393 e. The molecule has 0 aromatic carbocycles. The van der Waals surface area contributed by atoms with Crippen LogP contribution >= 0.6 is 0 Å². The van der Waals surface area contributed by atoms with E-state index in [2.05, 4.69) is 106 Å². The fraction of sp³-hybridized carbons (Fsp3) is 0.850. The van der Waals surface area contributed by atoms with Crippen molar-refractivity contribution in [1.29, 1.82) is 0 Å². The highest BCUT2D eigenvalue weighted by Crippen LogP contribution is 2.47. The van der Waals surface area contributed by atoms with Crippen molar-refractivity contribution in [3.05, 3.63) is 36.5 Å². The lowest BCUT2D eigenvalue weighted by atomic mass is 9.61.